The summed E-state index contributed by atoms with van der Waals surface area (Å²) in [4.78, 5) is 18.4. The second-order valence-electron chi connectivity index (χ2n) is 19.9. The number of benzene rings is 3. The summed E-state index contributed by atoms with van der Waals surface area (Å²) in [6.07, 6.45) is 16.8. The molecule has 0 aliphatic heterocycles. The van der Waals surface area contributed by atoms with Crippen LogP contribution in [0.25, 0.3) is 33.3 Å². The van der Waals surface area contributed by atoms with E-state index >= 15 is 0 Å². The molecule has 1 N–H and O–H groups in total. The average Bonchev–Trinajstić information content (AvgIpc) is 3.09. The first-order chi connectivity index (χ1) is 25.3. The van der Waals surface area contributed by atoms with Gasteiger partial charge in [-0.1, -0.05) is 87.2 Å². The fourth-order valence-corrected chi connectivity index (χ4v) is 14.7. The second kappa shape index (κ2) is 14.3. The van der Waals surface area contributed by atoms with Gasteiger partial charge in [-0.25, -0.2) is 0 Å². The molecule has 0 spiro atoms. The first-order valence-electron chi connectivity index (χ1n) is 20.8. The summed E-state index contributed by atoms with van der Waals surface area (Å²) >= 11 is 0. The molecular formula is C49H58IrNO2Si-. The predicted molar refractivity (Wildman–Crippen MR) is 221 cm³/mol. The number of aliphatic hydroxyl groups is 1. The number of nitrogens with zero attached hydrogens (tertiary/aromatic N) is 1. The van der Waals surface area contributed by atoms with E-state index in [1.807, 2.05) is 0 Å². The number of ketones is 1. The minimum absolute atomic E-state index is 0. The van der Waals surface area contributed by atoms with Crippen molar-refractivity contribution in [1.82, 2.24) is 4.98 Å². The maximum atomic E-state index is 13.4. The zero-order valence-corrected chi connectivity index (χ0v) is 36.4. The Labute approximate surface area is 338 Å². The van der Waals surface area contributed by atoms with E-state index in [0.717, 1.165) is 96.4 Å². The van der Waals surface area contributed by atoms with Crippen LogP contribution in [0.15, 0.2) is 78.6 Å². The third-order valence-electron chi connectivity index (χ3n) is 14.6. The third kappa shape index (κ3) is 7.16. The normalized spacial score (nSPS) is 31.9. The largest absolute Gasteiger partial charge is 0.512 e. The van der Waals surface area contributed by atoms with Gasteiger partial charge in [0.15, 0.2) is 5.78 Å². The molecule has 285 valence electrons. The number of aliphatic hydroxyl groups excluding tert-OH is 1. The Morgan fingerprint density at radius 2 is 1.28 bits per heavy atom. The second-order valence-corrected chi connectivity index (χ2v) is 25.0. The molecular weight excluding hydrogens is 855 g/mol. The van der Waals surface area contributed by atoms with Gasteiger partial charge in [0, 0.05) is 37.0 Å². The Morgan fingerprint density at radius 1 is 0.741 bits per heavy atom. The summed E-state index contributed by atoms with van der Waals surface area (Å²) in [5.41, 5.74) is 7.97. The van der Waals surface area contributed by atoms with Crippen molar-refractivity contribution in [2.75, 3.05) is 0 Å². The summed E-state index contributed by atoms with van der Waals surface area (Å²) < 4.78 is 0. The molecule has 4 aromatic rings. The van der Waals surface area contributed by atoms with Gasteiger partial charge in [0.1, 0.15) is 5.76 Å². The molecule has 0 amide bonds. The number of pyridine rings is 1. The van der Waals surface area contributed by atoms with E-state index in [1.54, 1.807) is 6.08 Å². The SMILES string of the molecule is Cc1[c-]c(-c2ccc3cc([Si](C)(C)C)c(-c4ccccc4)cc3n2)cc(C)c1.O=C(/C=C(\O)C12CC3CC(CC(C3)C1)C2)C12CC3CC(CC(C3)C1)C2.[Ir]. The van der Waals surface area contributed by atoms with Crippen molar-refractivity contribution in [2.45, 2.75) is 111 Å². The van der Waals surface area contributed by atoms with Gasteiger partial charge in [0.05, 0.1) is 13.6 Å². The van der Waals surface area contributed by atoms with Crippen molar-refractivity contribution in [3.63, 3.8) is 0 Å². The van der Waals surface area contributed by atoms with Crippen LogP contribution < -0.4 is 5.19 Å². The van der Waals surface area contributed by atoms with Crippen LogP contribution in [0.3, 0.4) is 0 Å². The van der Waals surface area contributed by atoms with Gasteiger partial charge in [-0.3, -0.25) is 9.78 Å². The van der Waals surface area contributed by atoms with E-state index in [9.17, 15) is 9.90 Å². The quantitative estimate of drug-likeness (QED) is 0.0907. The molecule has 8 bridgehead atoms. The van der Waals surface area contributed by atoms with Crippen LogP contribution in [0, 0.1) is 66.3 Å². The molecule has 3 aromatic carbocycles. The van der Waals surface area contributed by atoms with Crippen LogP contribution in [-0.4, -0.2) is 23.9 Å². The van der Waals surface area contributed by atoms with Crippen molar-refractivity contribution in [3.8, 4) is 22.4 Å². The third-order valence-corrected chi connectivity index (χ3v) is 16.6. The van der Waals surface area contributed by atoms with E-state index in [4.69, 9.17) is 4.98 Å². The van der Waals surface area contributed by atoms with E-state index in [-0.39, 0.29) is 30.9 Å². The summed E-state index contributed by atoms with van der Waals surface area (Å²) in [6, 6.07) is 27.5. The van der Waals surface area contributed by atoms with Gasteiger partial charge in [0.2, 0.25) is 0 Å². The molecule has 3 nitrogen and oxygen atoms in total. The Bertz CT molecular complexity index is 2000. The number of carbonyl (C=O) groups is 1. The van der Waals surface area contributed by atoms with Gasteiger partial charge in [-0.05, 0) is 141 Å². The number of hydrogen-bond acceptors (Lipinski definition) is 3. The maximum absolute atomic E-state index is 13.4. The van der Waals surface area contributed by atoms with Crippen molar-refractivity contribution in [1.29, 1.82) is 0 Å². The van der Waals surface area contributed by atoms with Gasteiger partial charge in [-0.15, -0.1) is 34.9 Å². The molecule has 0 atom stereocenters. The van der Waals surface area contributed by atoms with E-state index in [1.165, 1.54) is 65.8 Å². The first-order valence-corrected chi connectivity index (χ1v) is 24.3. The van der Waals surface area contributed by atoms with Crippen molar-refractivity contribution in [3.05, 3.63) is 95.8 Å². The molecule has 8 fully saturated rings. The average molecular weight is 913 g/mol. The fraction of sp³-hybridized carbons (Fsp3) is 0.510. The van der Waals surface area contributed by atoms with Crippen LogP contribution in [-0.2, 0) is 24.9 Å². The number of allylic oxidation sites excluding steroid dienone is 2. The molecule has 0 saturated heterocycles. The Morgan fingerprint density at radius 3 is 1.80 bits per heavy atom. The number of hydrogen-bond donors (Lipinski definition) is 1. The molecule has 8 aliphatic carbocycles. The monoisotopic (exact) mass is 913 g/mol. The van der Waals surface area contributed by atoms with Gasteiger partial charge in [-0.2, -0.15) is 0 Å². The van der Waals surface area contributed by atoms with Crippen molar-refractivity contribution < 1.29 is 30.0 Å². The minimum atomic E-state index is -1.50. The molecule has 8 aliphatic rings. The molecule has 1 aromatic heterocycles. The number of aryl methyl sites for hydroxylation is 2. The molecule has 1 heterocycles. The predicted octanol–water partition coefficient (Wildman–Crippen LogP) is 12.0. The molecule has 12 rings (SSSR count). The van der Waals surface area contributed by atoms with Crippen LogP contribution >= 0.6 is 0 Å². The fourth-order valence-electron chi connectivity index (χ4n) is 13.1. The molecule has 1 radical (unpaired) electrons. The Balaban J connectivity index is 0.000000151. The molecule has 5 heteroatoms. The van der Waals surface area contributed by atoms with Crippen LogP contribution in [0.5, 0.6) is 0 Å². The zero-order valence-electron chi connectivity index (χ0n) is 33.0. The number of rotatable bonds is 6. The van der Waals surface area contributed by atoms with Gasteiger partial charge >= 0.3 is 0 Å². The van der Waals surface area contributed by atoms with E-state index < -0.39 is 8.07 Å². The minimum Gasteiger partial charge on any atom is -0.512 e. The molecule has 8 saturated carbocycles. The Kier molecular flexibility index (Phi) is 10.0. The standard InChI is InChI=1S/C26H26NSi.C23H32O2.Ir/c1-18-13-19(2)15-22(14-18)24-12-11-21-16-26(28(3,4)5)23(17-25(21)27-24)20-9-7-6-8-10-20;24-20(22-8-14-1-15(9-22)3-16(2-14)10-22)7-21(25)23-11-17-4-18(12-23)6-19(5-17)13-23;/h6-14,16-17H,1-5H3;7,14-19,24H,1-6,8-13H2;/q-1;;/b;20-7-;. The zero-order chi connectivity index (χ0) is 36.7. The smallest absolute Gasteiger partial charge is 0.165 e. The number of carbonyl (C=O) groups excluding carboxylic acids is 1. The first kappa shape index (κ1) is 38.0. The summed E-state index contributed by atoms with van der Waals surface area (Å²) in [6.45, 7) is 11.4. The molecule has 0 unspecified atom stereocenters. The topological polar surface area (TPSA) is 50.2 Å². The summed E-state index contributed by atoms with van der Waals surface area (Å²) in [5, 5.41) is 13.8. The Hall–Kier alpha value is -2.85. The van der Waals surface area contributed by atoms with Crippen LogP contribution in [0.2, 0.25) is 19.6 Å². The van der Waals surface area contributed by atoms with Crippen molar-refractivity contribution >= 4 is 29.9 Å². The molecule has 54 heavy (non-hydrogen) atoms. The van der Waals surface area contributed by atoms with Crippen LogP contribution in [0.1, 0.15) is 88.2 Å². The van der Waals surface area contributed by atoms with E-state index in [0.29, 0.717) is 11.5 Å². The number of aromatic nitrogens is 1. The van der Waals surface area contributed by atoms with Gasteiger partial charge < -0.3 is 5.11 Å². The summed E-state index contributed by atoms with van der Waals surface area (Å²) in [5.74, 6) is 5.64. The van der Waals surface area contributed by atoms with E-state index in [2.05, 4.69) is 106 Å². The van der Waals surface area contributed by atoms with Crippen molar-refractivity contribution in [2.24, 2.45) is 46.3 Å². The number of fused-ring (bicyclic) bond motifs is 1. The summed E-state index contributed by atoms with van der Waals surface area (Å²) in [7, 11) is -1.50. The maximum Gasteiger partial charge on any atom is 0.165 e. The van der Waals surface area contributed by atoms with Gasteiger partial charge in [0.25, 0.3) is 0 Å². The van der Waals surface area contributed by atoms with Crippen LogP contribution in [0.4, 0.5) is 0 Å².